The SMILES string of the molecule is FNCc1cccs1. The fourth-order valence-electron chi connectivity index (χ4n) is 0.479. The van der Waals surface area contributed by atoms with Gasteiger partial charge in [-0.05, 0) is 11.4 Å². The molecule has 0 aliphatic carbocycles. The highest BCUT2D eigenvalue weighted by atomic mass is 32.1. The van der Waals surface area contributed by atoms with Crippen molar-refractivity contribution in [1.29, 1.82) is 0 Å². The molecule has 0 saturated carbocycles. The summed E-state index contributed by atoms with van der Waals surface area (Å²) in [5.74, 6) is 0. The molecule has 8 heavy (non-hydrogen) atoms. The van der Waals surface area contributed by atoms with Crippen molar-refractivity contribution in [1.82, 2.24) is 5.54 Å². The third-order valence-corrected chi connectivity index (χ3v) is 1.70. The molecular formula is C5H6FNS. The molecule has 0 aliphatic heterocycles. The number of hydrogen-bond donors (Lipinski definition) is 1. The molecule has 1 aromatic rings. The van der Waals surface area contributed by atoms with Crippen LogP contribution in [0, 0.1) is 0 Å². The van der Waals surface area contributed by atoms with Crippen LogP contribution in [0.2, 0.25) is 0 Å². The Bertz CT molecular complexity index is 138. The summed E-state index contributed by atoms with van der Waals surface area (Å²) in [5.41, 5.74) is 1.58. The molecule has 0 radical (unpaired) electrons. The van der Waals surface area contributed by atoms with Crippen molar-refractivity contribution in [2.45, 2.75) is 6.54 Å². The Morgan fingerprint density at radius 2 is 2.62 bits per heavy atom. The van der Waals surface area contributed by atoms with Crippen molar-refractivity contribution >= 4 is 11.3 Å². The van der Waals surface area contributed by atoms with E-state index >= 15 is 0 Å². The first-order valence-corrected chi connectivity index (χ1v) is 3.17. The molecule has 0 spiro atoms. The van der Waals surface area contributed by atoms with Crippen molar-refractivity contribution < 1.29 is 4.48 Å². The lowest BCUT2D eigenvalue weighted by Gasteiger charge is -1.85. The van der Waals surface area contributed by atoms with Crippen molar-refractivity contribution in [3.05, 3.63) is 22.4 Å². The Morgan fingerprint density at radius 1 is 1.75 bits per heavy atom. The molecule has 0 amide bonds. The minimum Gasteiger partial charge on any atom is -0.154 e. The second-order valence-electron chi connectivity index (χ2n) is 1.39. The first kappa shape index (κ1) is 5.72. The maximum atomic E-state index is 11.3. The fraction of sp³-hybridized carbons (Fsp3) is 0.200. The zero-order chi connectivity index (χ0) is 5.82. The van der Waals surface area contributed by atoms with Crippen LogP contribution in [-0.2, 0) is 6.54 Å². The van der Waals surface area contributed by atoms with Gasteiger partial charge in [0.05, 0.1) is 6.54 Å². The monoisotopic (exact) mass is 131 g/mol. The zero-order valence-corrected chi connectivity index (χ0v) is 5.04. The van der Waals surface area contributed by atoms with E-state index in [1.165, 1.54) is 0 Å². The largest absolute Gasteiger partial charge is 0.154 e. The Balaban J connectivity index is 2.50. The molecule has 1 nitrogen and oxygen atoms in total. The van der Waals surface area contributed by atoms with E-state index in [1.807, 2.05) is 17.5 Å². The van der Waals surface area contributed by atoms with Crippen LogP contribution < -0.4 is 5.54 Å². The van der Waals surface area contributed by atoms with Crippen LogP contribution in [0.1, 0.15) is 4.88 Å². The molecule has 1 rings (SSSR count). The quantitative estimate of drug-likeness (QED) is 0.602. The number of hydrogen-bond acceptors (Lipinski definition) is 2. The summed E-state index contributed by atoms with van der Waals surface area (Å²) in [7, 11) is 0. The van der Waals surface area contributed by atoms with Crippen molar-refractivity contribution in [2.24, 2.45) is 0 Å². The van der Waals surface area contributed by atoms with Gasteiger partial charge in [-0.3, -0.25) is 0 Å². The van der Waals surface area contributed by atoms with Gasteiger partial charge < -0.3 is 0 Å². The minimum absolute atomic E-state index is 0.331. The van der Waals surface area contributed by atoms with Gasteiger partial charge in [0.25, 0.3) is 0 Å². The zero-order valence-electron chi connectivity index (χ0n) is 4.23. The predicted molar refractivity (Wildman–Crippen MR) is 32.3 cm³/mol. The summed E-state index contributed by atoms with van der Waals surface area (Å²) < 4.78 is 11.3. The molecule has 0 aromatic carbocycles. The van der Waals surface area contributed by atoms with E-state index in [2.05, 4.69) is 0 Å². The molecule has 3 heteroatoms. The van der Waals surface area contributed by atoms with Gasteiger partial charge in [0.1, 0.15) is 0 Å². The summed E-state index contributed by atoms with van der Waals surface area (Å²) in [4.78, 5) is 1.02. The lowest BCUT2D eigenvalue weighted by molar-refractivity contribution is 0.332. The second-order valence-corrected chi connectivity index (χ2v) is 2.42. The summed E-state index contributed by atoms with van der Waals surface area (Å²) in [5, 5.41) is 1.92. The van der Waals surface area contributed by atoms with Crippen LogP contribution in [0.4, 0.5) is 4.48 Å². The number of rotatable bonds is 2. The Morgan fingerprint density at radius 3 is 3.12 bits per heavy atom. The molecule has 0 bridgehead atoms. The molecule has 0 atom stereocenters. The number of nitrogens with one attached hydrogen (secondary N) is 1. The summed E-state index contributed by atoms with van der Waals surface area (Å²) in [6.07, 6.45) is 0. The minimum atomic E-state index is 0.331. The highest BCUT2D eigenvalue weighted by Crippen LogP contribution is 2.06. The van der Waals surface area contributed by atoms with E-state index in [4.69, 9.17) is 0 Å². The molecule has 44 valence electrons. The second kappa shape index (κ2) is 2.79. The van der Waals surface area contributed by atoms with Crippen molar-refractivity contribution in [2.75, 3.05) is 0 Å². The van der Waals surface area contributed by atoms with Crippen molar-refractivity contribution in [3.63, 3.8) is 0 Å². The highest BCUT2D eigenvalue weighted by Gasteiger charge is 1.88. The Labute approximate surface area is 51.1 Å². The molecular weight excluding hydrogens is 125 g/mol. The van der Waals surface area contributed by atoms with Crippen LogP contribution in [0.5, 0.6) is 0 Å². The maximum absolute atomic E-state index is 11.3. The summed E-state index contributed by atoms with van der Waals surface area (Å²) in [6.45, 7) is 0.331. The average molecular weight is 131 g/mol. The van der Waals surface area contributed by atoms with Gasteiger partial charge in [-0.25, -0.2) is 0 Å². The summed E-state index contributed by atoms with van der Waals surface area (Å²) in [6, 6.07) is 3.79. The summed E-state index contributed by atoms with van der Waals surface area (Å²) >= 11 is 1.54. The van der Waals surface area contributed by atoms with Gasteiger partial charge >= 0.3 is 0 Å². The smallest absolute Gasteiger partial charge is 0.0604 e. The Kier molecular flexibility index (Phi) is 2.00. The van der Waals surface area contributed by atoms with Crippen LogP contribution in [0.25, 0.3) is 0 Å². The van der Waals surface area contributed by atoms with Gasteiger partial charge in [0.15, 0.2) is 0 Å². The molecule has 1 heterocycles. The maximum Gasteiger partial charge on any atom is 0.0604 e. The molecule has 0 unspecified atom stereocenters. The molecule has 0 aliphatic rings. The molecule has 1 aromatic heterocycles. The number of thiophene rings is 1. The average Bonchev–Trinajstić information content (AvgIpc) is 2.19. The molecule has 0 saturated heterocycles. The van der Waals surface area contributed by atoms with Gasteiger partial charge in [-0.1, -0.05) is 6.07 Å². The van der Waals surface area contributed by atoms with E-state index < -0.39 is 0 Å². The normalized spacial score (nSPS) is 9.62. The van der Waals surface area contributed by atoms with E-state index in [-0.39, 0.29) is 0 Å². The van der Waals surface area contributed by atoms with Crippen LogP contribution in [0.15, 0.2) is 17.5 Å². The van der Waals surface area contributed by atoms with E-state index in [9.17, 15) is 4.48 Å². The van der Waals surface area contributed by atoms with Gasteiger partial charge in [0.2, 0.25) is 0 Å². The van der Waals surface area contributed by atoms with Gasteiger partial charge in [-0.15, -0.1) is 15.8 Å². The van der Waals surface area contributed by atoms with E-state index in [0.717, 1.165) is 4.88 Å². The van der Waals surface area contributed by atoms with E-state index in [1.54, 1.807) is 16.9 Å². The predicted octanol–water partition coefficient (Wildman–Crippen LogP) is 1.72. The molecule has 0 fully saturated rings. The van der Waals surface area contributed by atoms with Gasteiger partial charge in [0, 0.05) is 4.88 Å². The lowest BCUT2D eigenvalue weighted by atomic mass is 10.5. The van der Waals surface area contributed by atoms with Crippen LogP contribution in [-0.4, -0.2) is 0 Å². The van der Waals surface area contributed by atoms with Gasteiger partial charge in [-0.2, -0.15) is 5.54 Å². The van der Waals surface area contributed by atoms with Crippen LogP contribution >= 0.6 is 11.3 Å². The third-order valence-electron chi connectivity index (χ3n) is 0.821. The van der Waals surface area contributed by atoms with E-state index in [0.29, 0.717) is 6.54 Å². The highest BCUT2D eigenvalue weighted by molar-refractivity contribution is 7.09. The lowest BCUT2D eigenvalue weighted by Crippen LogP contribution is -1.95. The number of halogens is 1. The fourth-order valence-corrected chi connectivity index (χ4v) is 1.11. The Hall–Kier alpha value is -0.410. The first-order valence-electron chi connectivity index (χ1n) is 2.29. The van der Waals surface area contributed by atoms with Crippen LogP contribution in [0.3, 0.4) is 0 Å². The standard InChI is InChI=1S/C5H6FNS/c6-7-4-5-2-1-3-8-5/h1-3,7H,4H2. The third kappa shape index (κ3) is 1.28. The molecule has 1 N–H and O–H groups in total. The topological polar surface area (TPSA) is 12.0 Å². The first-order chi connectivity index (χ1) is 3.93. The van der Waals surface area contributed by atoms with Crippen molar-refractivity contribution in [3.8, 4) is 0 Å².